The number of nitrogens with two attached hydrogens (primary N) is 1. The van der Waals surface area contributed by atoms with Gasteiger partial charge >= 0.3 is 0 Å². The van der Waals surface area contributed by atoms with Gasteiger partial charge in [0.1, 0.15) is 5.78 Å². The van der Waals surface area contributed by atoms with E-state index in [-0.39, 0.29) is 12.0 Å². The van der Waals surface area contributed by atoms with Crippen LogP contribution < -0.4 is 5.73 Å². The van der Waals surface area contributed by atoms with Crippen molar-refractivity contribution in [3.63, 3.8) is 0 Å². The lowest BCUT2D eigenvalue weighted by Crippen LogP contribution is -2.40. The molecule has 0 amide bonds. The molecule has 1 aromatic rings. The third-order valence-electron chi connectivity index (χ3n) is 4.86. The summed E-state index contributed by atoms with van der Waals surface area (Å²) >= 11 is 0. The average Bonchev–Trinajstić information content (AvgIpc) is 2.98. The fourth-order valence-electron chi connectivity index (χ4n) is 3.89. The van der Waals surface area contributed by atoms with E-state index in [9.17, 15) is 4.79 Å². The topological polar surface area (TPSA) is 43.1 Å². The number of hydrogen-bond acceptors (Lipinski definition) is 2. The van der Waals surface area contributed by atoms with E-state index in [0.29, 0.717) is 24.0 Å². The van der Waals surface area contributed by atoms with Gasteiger partial charge in [0.15, 0.2) is 0 Å². The molecular formula is C16H21NO. The molecule has 2 saturated carbocycles. The first-order valence-corrected chi connectivity index (χ1v) is 7.08. The Balaban J connectivity index is 1.59. The number of hydrogen-bond donors (Lipinski definition) is 1. The van der Waals surface area contributed by atoms with Gasteiger partial charge < -0.3 is 5.73 Å². The van der Waals surface area contributed by atoms with Gasteiger partial charge in [0.25, 0.3) is 0 Å². The Kier molecular flexibility index (Phi) is 3.21. The van der Waals surface area contributed by atoms with E-state index in [4.69, 9.17) is 5.73 Å². The minimum atomic E-state index is 0.145. The number of fused-ring (bicyclic) bond motifs is 2. The molecule has 2 nitrogen and oxygen atoms in total. The van der Waals surface area contributed by atoms with Crippen LogP contribution in [-0.4, -0.2) is 11.8 Å². The molecule has 2 N–H and O–H groups in total. The minimum absolute atomic E-state index is 0.145. The molecule has 2 fully saturated rings. The minimum Gasteiger partial charge on any atom is -0.327 e. The standard InChI is InChI=1S/C16H21NO/c17-16-13-8-7-12(10-13)15(16)14(18)9-6-11-4-2-1-3-5-11/h1-5,12-13,15-16H,6-10,17H2. The van der Waals surface area contributed by atoms with Crippen molar-refractivity contribution in [2.45, 2.75) is 38.1 Å². The maximum absolute atomic E-state index is 12.3. The van der Waals surface area contributed by atoms with Crippen molar-refractivity contribution < 1.29 is 4.79 Å². The molecule has 0 radical (unpaired) electrons. The molecule has 2 aliphatic carbocycles. The monoisotopic (exact) mass is 243 g/mol. The number of rotatable bonds is 4. The third-order valence-corrected chi connectivity index (χ3v) is 4.86. The fourth-order valence-corrected chi connectivity index (χ4v) is 3.89. The highest BCUT2D eigenvalue weighted by atomic mass is 16.1. The Hall–Kier alpha value is -1.15. The van der Waals surface area contributed by atoms with Crippen LogP contribution in [0.2, 0.25) is 0 Å². The molecule has 18 heavy (non-hydrogen) atoms. The van der Waals surface area contributed by atoms with Crippen LogP contribution in [0.5, 0.6) is 0 Å². The van der Waals surface area contributed by atoms with Gasteiger partial charge in [0.2, 0.25) is 0 Å². The van der Waals surface area contributed by atoms with E-state index in [1.165, 1.54) is 24.8 Å². The van der Waals surface area contributed by atoms with E-state index in [0.717, 1.165) is 6.42 Å². The molecule has 0 heterocycles. The number of Topliss-reactive ketones (excluding diaryl/α,β-unsaturated/α-hetero) is 1. The fraction of sp³-hybridized carbons (Fsp3) is 0.562. The van der Waals surface area contributed by atoms with E-state index in [1.807, 2.05) is 18.2 Å². The first-order chi connectivity index (χ1) is 8.75. The highest BCUT2D eigenvalue weighted by molar-refractivity contribution is 5.82. The van der Waals surface area contributed by atoms with Gasteiger partial charge in [-0.25, -0.2) is 0 Å². The van der Waals surface area contributed by atoms with E-state index in [1.54, 1.807) is 0 Å². The van der Waals surface area contributed by atoms with Gasteiger partial charge in [0, 0.05) is 18.4 Å². The van der Waals surface area contributed by atoms with Crippen molar-refractivity contribution in [3.05, 3.63) is 35.9 Å². The van der Waals surface area contributed by atoms with Crippen LogP contribution in [0, 0.1) is 17.8 Å². The summed E-state index contributed by atoms with van der Waals surface area (Å²) in [6.07, 6.45) is 5.18. The summed E-state index contributed by atoms with van der Waals surface area (Å²) in [5, 5.41) is 0. The van der Waals surface area contributed by atoms with Gasteiger partial charge in [-0.1, -0.05) is 30.3 Å². The Morgan fingerprint density at radius 1 is 1.17 bits per heavy atom. The van der Waals surface area contributed by atoms with Crippen molar-refractivity contribution >= 4 is 5.78 Å². The van der Waals surface area contributed by atoms with Crippen LogP contribution in [0.1, 0.15) is 31.2 Å². The van der Waals surface area contributed by atoms with Gasteiger partial charge in [-0.2, -0.15) is 0 Å². The lowest BCUT2D eigenvalue weighted by molar-refractivity contribution is -0.124. The summed E-state index contributed by atoms with van der Waals surface area (Å²) in [5.41, 5.74) is 7.47. The van der Waals surface area contributed by atoms with Gasteiger partial charge in [-0.15, -0.1) is 0 Å². The number of ketones is 1. The molecule has 4 unspecified atom stereocenters. The van der Waals surface area contributed by atoms with E-state index < -0.39 is 0 Å². The molecule has 0 aliphatic heterocycles. The Morgan fingerprint density at radius 2 is 1.89 bits per heavy atom. The summed E-state index contributed by atoms with van der Waals surface area (Å²) in [6.45, 7) is 0. The predicted molar refractivity (Wildman–Crippen MR) is 72.1 cm³/mol. The molecule has 2 bridgehead atoms. The maximum Gasteiger partial charge on any atom is 0.138 e. The van der Waals surface area contributed by atoms with Crippen LogP contribution in [0.4, 0.5) is 0 Å². The van der Waals surface area contributed by atoms with Crippen molar-refractivity contribution in [2.24, 2.45) is 23.5 Å². The SMILES string of the molecule is NC1C2CCC(C2)C1C(=O)CCc1ccccc1. The molecule has 4 atom stereocenters. The number of carbonyl (C=O) groups is 1. The van der Waals surface area contributed by atoms with Crippen molar-refractivity contribution in [1.82, 2.24) is 0 Å². The smallest absolute Gasteiger partial charge is 0.138 e. The Bertz CT molecular complexity index is 426. The second kappa shape index (κ2) is 4.85. The highest BCUT2D eigenvalue weighted by Crippen LogP contribution is 2.48. The van der Waals surface area contributed by atoms with Gasteiger partial charge in [-0.05, 0) is 43.1 Å². The molecule has 1 aromatic carbocycles. The quantitative estimate of drug-likeness (QED) is 0.883. The maximum atomic E-state index is 12.3. The zero-order chi connectivity index (χ0) is 12.5. The van der Waals surface area contributed by atoms with Crippen molar-refractivity contribution in [3.8, 4) is 0 Å². The van der Waals surface area contributed by atoms with Gasteiger partial charge in [-0.3, -0.25) is 4.79 Å². The van der Waals surface area contributed by atoms with Crippen LogP contribution >= 0.6 is 0 Å². The van der Waals surface area contributed by atoms with Crippen LogP contribution in [0.3, 0.4) is 0 Å². The number of aryl methyl sites for hydroxylation is 1. The normalized spacial score (nSPS) is 33.8. The molecule has 0 spiro atoms. The molecule has 2 aliphatic rings. The number of carbonyl (C=O) groups excluding carboxylic acids is 1. The first-order valence-electron chi connectivity index (χ1n) is 7.08. The largest absolute Gasteiger partial charge is 0.327 e. The molecule has 0 saturated heterocycles. The average molecular weight is 243 g/mol. The molecular weight excluding hydrogens is 222 g/mol. The summed E-state index contributed by atoms with van der Waals surface area (Å²) in [4.78, 5) is 12.3. The summed E-state index contributed by atoms with van der Waals surface area (Å²) in [7, 11) is 0. The molecule has 0 aromatic heterocycles. The predicted octanol–water partition coefficient (Wildman–Crippen LogP) is 2.56. The zero-order valence-corrected chi connectivity index (χ0v) is 10.7. The second-order valence-electron chi connectivity index (χ2n) is 5.89. The lowest BCUT2D eigenvalue weighted by atomic mass is 9.80. The Labute approximate surface area is 109 Å². The van der Waals surface area contributed by atoms with Crippen LogP contribution in [0.25, 0.3) is 0 Å². The summed E-state index contributed by atoms with van der Waals surface area (Å²) in [6, 6.07) is 10.4. The highest BCUT2D eigenvalue weighted by Gasteiger charge is 2.48. The summed E-state index contributed by atoms with van der Waals surface area (Å²) in [5.74, 6) is 1.78. The van der Waals surface area contributed by atoms with Gasteiger partial charge in [0.05, 0.1) is 0 Å². The van der Waals surface area contributed by atoms with E-state index >= 15 is 0 Å². The first kappa shape index (κ1) is 11.9. The third kappa shape index (κ3) is 2.10. The summed E-state index contributed by atoms with van der Waals surface area (Å²) < 4.78 is 0. The van der Waals surface area contributed by atoms with Crippen molar-refractivity contribution in [2.75, 3.05) is 0 Å². The van der Waals surface area contributed by atoms with Crippen molar-refractivity contribution in [1.29, 1.82) is 0 Å². The second-order valence-corrected chi connectivity index (χ2v) is 5.89. The molecule has 96 valence electrons. The van der Waals surface area contributed by atoms with Crippen LogP contribution in [-0.2, 0) is 11.2 Å². The number of benzene rings is 1. The molecule has 2 heteroatoms. The zero-order valence-electron chi connectivity index (χ0n) is 10.7. The lowest BCUT2D eigenvalue weighted by Gasteiger charge is -2.26. The molecule has 3 rings (SSSR count). The van der Waals surface area contributed by atoms with E-state index in [2.05, 4.69) is 12.1 Å². The van der Waals surface area contributed by atoms with Crippen LogP contribution in [0.15, 0.2) is 30.3 Å². The Morgan fingerprint density at radius 3 is 2.56 bits per heavy atom.